The largest absolute Gasteiger partial charge is 0.493 e. The molecule has 158 valence electrons. The Kier molecular flexibility index (Phi) is 4.70. The average Bonchev–Trinajstić information content (AvgIpc) is 3.26. The van der Waals surface area contributed by atoms with E-state index in [1.807, 2.05) is 19.1 Å². The molecular weight excluding hydrogens is 414 g/mol. The van der Waals surface area contributed by atoms with Crippen LogP contribution in [0.25, 0.3) is 21.1 Å². The standard InChI is InChI=1S/C22H21N5O3S/c1-11-6-7-13-15(8-11)31-21-17(13)22(30)27(10-23-21)9-16(28)25-26-19-14-5-3-4-12(2)18(14)24-20(19)29/h3-5,10-11,24,29H,6-9H2,1-2H3/t11-/m1/s1. The van der Waals surface area contributed by atoms with Crippen molar-refractivity contribution in [3.63, 3.8) is 0 Å². The Hall–Kier alpha value is -3.33. The fourth-order valence-corrected chi connectivity index (χ4v) is 5.54. The summed E-state index contributed by atoms with van der Waals surface area (Å²) in [4.78, 5) is 34.7. The molecule has 1 atom stereocenters. The fraction of sp³-hybridized carbons (Fsp3) is 0.318. The van der Waals surface area contributed by atoms with Crippen molar-refractivity contribution in [2.24, 2.45) is 16.1 Å². The molecule has 3 aromatic heterocycles. The first kappa shape index (κ1) is 19.6. The number of fused-ring (bicyclic) bond motifs is 4. The molecule has 0 aliphatic heterocycles. The minimum Gasteiger partial charge on any atom is -0.493 e. The Balaban J connectivity index is 1.44. The number of azo groups is 1. The SMILES string of the molecule is Cc1cccc2c(N=NC(=O)Cn3cnc4sc5c(c4c3=O)CC[C@@H](C)C5)c(O)[nH]c12. The van der Waals surface area contributed by atoms with Crippen LogP contribution < -0.4 is 5.56 Å². The van der Waals surface area contributed by atoms with Crippen molar-refractivity contribution >= 4 is 44.1 Å². The summed E-state index contributed by atoms with van der Waals surface area (Å²) >= 11 is 1.57. The van der Waals surface area contributed by atoms with Gasteiger partial charge in [-0.2, -0.15) is 0 Å². The Bertz CT molecular complexity index is 1430. The molecule has 0 fully saturated rings. The third kappa shape index (κ3) is 3.34. The Labute approximate surface area is 181 Å². The lowest BCUT2D eigenvalue weighted by Gasteiger charge is -2.17. The van der Waals surface area contributed by atoms with E-state index in [-0.39, 0.29) is 23.7 Å². The van der Waals surface area contributed by atoms with Gasteiger partial charge in [0.05, 0.1) is 17.2 Å². The number of hydrogen-bond donors (Lipinski definition) is 2. The average molecular weight is 436 g/mol. The molecule has 1 aromatic carbocycles. The highest BCUT2D eigenvalue weighted by Gasteiger charge is 2.23. The van der Waals surface area contributed by atoms with E-state index in [1.165, 1.54) is 15.8 Å². The molecule has 5 rings (SSSR count). The second-order valence-corrected chi connectivity index (χ2v) is 9.21. The maximum Gasteiger partial charge on any atom is 0.284 e. The van der Waals surface area contributed by atoms with E-state index >= 15 is 0 Å². The zero-order valence-corrected chi connectivity index (χ0v) is 18.0. The smallest absolute Gasteiger partial charge is 0.284 e. The molecule has 0 unspecified atom stereocenters. The van der Waals surface area contributed by atoms with Gasteiger partial charge < -0.3 is 10.1 Å². The van der Waals surface area contributed by atoms with Gasteiger partial charge in [-0.3, -0.25) is 14.2 Å². The molecule has 1 amide bonds. The maximum absolute atomic E-state index is 13.0. The van der Waals surface area contributed by atoms with Crippen molar-refractivity contribution in [1.82, 2.24) is 14.5 Å². The van der Waals surface area contributed by atoms with Crippen molar-refractivity contribution in [2.75, 3.05) is 0 Å². The molecule has 0 radical (unpaired) electrons. The van der Waals surface area contributed by atoms with Gasteiger partial charge in [-0.25, -0.2) is 4.98 Å². The zero-order chi connectivity index (χ0) is 21.7. The van der Waals surface area contributed by atoms with Gasteiger partial charge in [0.25, 0.3) is 11.5 Å². The Morgan fingerprint density at radius 2 is 2.26 bits per heavy atom. The number of H-pyrrole nitrogens is 1. The number of para-hydroxylation sites is 1. The molecule has 1 aliphatic carbocycles. The summed E-state index contributed by atoms with van der Waals surface area (Å²) in [6, 6.07) is 5.54. The minimum absolute atomic E-state index is 0.153. The van der Waals surface area contributed by atoms with Crippen molar-refractivity contribution in [3.8, 4) is 5.88 Å². The molecule has 9 heteroatoms. The van der Waals surface area contributed by atoms with Crippen molar-refractivity contribution < 1.29 is 9.90 Å². The highest BCUT2D eigenvalue weighted by molar-refractivity contribution is 7.18. The second-order valence-electron chi connectivity index (χ2n) is 8.12. The molecule has 2 N–H and O–H groups in total. The minimum atomic E-state index is -0.595. The number of aryl methyl sites for hydroxylation is 2. The Morgan fingerprint density at radius 1 is 1.42 bits per heavy atom. The summed E-state index contributed by atoms with van der Waals surface area (Å²) < 4.78 is 1.29. The number of thiophene rings is 1. The summed E-state index contributed by atoms with van der Waals surface area (Å²) in [6.07, 6.45) is 4.28. The molecule has 0 saturated carbocycles. The van der Waals surface area contributed by atoms with Crippen molar-refractivity contribution in [1.29, 1.82) is 0 Å². The van der Waals surface area contributed by atoms with E-state index in [9.17, 15) is 14.7 Å². The van der Waals surface area contributed by atoms with Gasteiger partial charge in [-0.05, 0) is 43.2 Å². The number of rotatable bonds is 3. The van der Waals surface area contributed by atoms with E-state index in [0.717, 1.165) is 40.7 Å². The van der Waals surface area contributed by atoms with Gasteiger partial charge in [-0.1, -0.05) is 25.1 Å². The highest BCUT2D eigenvalue weighted by Crippen LogP contribution is 2.37. The molecule has 0 saturated heterocycles. The molecule has 4 aromatic rings. The van der Waals surface area contributed by atoms with Gasteiger partial charge in [0.2, 0.25) is 5.88 Å². The molecular formula is C22H21N5O3S. The number of amides is 1. The molecule has 3 heterocycles. The van der Waals surface area contributed by atoms with Gasteiger partial charge in [0.15, 0.2) is 5.69 Å². The van der Waals surface area contributed by atoms with Crippen LogP contribution in [0, 0.1) is 12.8 Å². The van der Waals surface area contributed by atoms with Crippen LogP contribution >= 0.6 is 11.3 Å². The first-order valence-corrected chi connectivity index (χ1v) is 11.0. The number of nitrogens with zero attached hydrogens (tertiary/aromatic N) is 4. The van der Waals surface area contributed by atoms with Gasteiger partial charge in [0, 0.05) is 10.3 Å². The number of hydrogen-bond acceptors (Lipinski definition) is 6. The van der Waals surface area contributed by atoms with E-state index in [0.29, 0.717) is 16.7 Å². The summed E-state index contributed by atoms with van der Waals surface area (Å²) in [5.41, 5.74) is 2.75. The number of benzene rings is 1. The third-order valence-electron chi connectivity index (χ3n) is 5.84. The first-order valence-electron chi connectivity index (χ1n) is 10.2. The topological polar surface area (TPSA) is 113 Å². The summed E-state index contributed by atoms with van der Waals surface area (Å²) in [7, 11) is 0. The number of aromatic amines is 1. The van der Waals surface area contributed by atoms with Crippen LogP contribution in [-0.2, 0) is 24.2 Å². The maximum atomic E-state index is 13.0. The summed E-state index contributed by atoms with van der Waals surface area (Å²) in [6.45, 7) is 3.87. The number of aromatic hydroxyl groups is 1. The van der Waals surface area contributed by atoms with Crippen LogP contribution in [0.2, 0.25) is 0 Å². The quantitative estimate of drug-likeness (QED) is 0.465. The summed E-state index contributed by atoms with van der Waals surface area (Å²) in [5.74, 6) is -0.142. The molecule has 0 spiro atoms. The van der Waals surface area contributed by atoms with Crippen LogP contribution in [-0.4, -0.2) is 25.5 Å². The predicted molar refractivity (Wildman–Crippen MR) is 119 cm³/mol. The van der Waals surface area contributed by atoms with Crippen molar-refractivity contribution in [3.05, 3.63) is 50.9 Å². The zero-order valence-electron chi connectivity index (χ0n) is 17.2. The lowest BCUT2D eigenvalue weighted by Crippen LogP contribution is -2.24. The van der Waals surface area contributed by atoms with Gasteiger partial charge in [0.1, 0.15) is 11.4 Å². The normalized spacial score (nSPS) is 16.4. The monoisotopic (exact) mass is 435 g/mol. The second kappa shape index (κ2) is 7.42. The van der Waals surface area contributed by atoms with Crippen LogP contribution in [0.1, 0.15) is 29.3 Å². The van der Waals surface area contributed by atoms with Gasteiger partial charge in [-0.15, -0.1) is 21.6 Å². The molecule has 8 nitrogen and oxygen atoms in total. The molecule has 0 bridgehead atoms. The van der Waals surface area contributed by atoms with E-state index < -0.39 is 5.91 Å². The number of nitrogens with one attached hydrogen (secondary N) is 1. The lowest BCUT2D eigenvalue weighted by molar-refractivity contribution is -0.118. The van der Waals surface area contributed by atoms with Crippen LogP contribution in [0.5, 0.6) is 5.88 Å². The number of carbonyl (C=O) groups excluding carboxylic acids is 1. The molecule has 1 aliphatic rings. The lowest BCUT2D eigenvalue weighted by atomic mass is 9.89. The van der Waals surface area contributed by atoms with Crippen LogP contribution in [0.15, 0.2) is 39.5 Å². The predicted octanol–water partition coefficient (Wildman–Crippen LogP) is 4.39. The van der Waals surface area contributed by atoms with E-state index in [4.69, 9.17) is 0 Å². The van der Waals surface area contributed by atoms with Crippen molar-refractivity contribution in [2.45, 2.75) is 39.7 Å². The number of carbonyl (C=O) groups is 1. The molecule has 31 heavy (non-hydrogen) atoms. The van der Waals surface area contributed by atoms with Gasteiger partial charge >= 0.3 is 0 Å². The Morgan fingerprint density at radius 3 is 3.10 bits per heavy atom. The van der Waals surface area contributed by atoms with Crippen LogP contribution in [0.3, 0.4) is 0 Å². The van der Waals surface area contributed by atoms with E-state index in [2.05, 4.69) is 27.1 Å². The highest BCUT2D eigenvalue weighted by atomic mass is 32.1. The fourth-order valence-electron chi connectivity index (χ4n) is 4.20. The van der Waals surface area contributed by atoms with E-state index in [1.54, 1.807) is 17.4 Å². The van der Waals surface area contributed by atoms with Crippen LogP contribution in [0.4, 0.5) is 5.69 Å². The summed E-state index contributed by atoms with van der Waals surface area (Å²) in [5, 5.41) is 19.1. The first-order chi connectivity index (χ1) is 14.9. The third-order valence-corrected chi connectivity index (χ3v) is 7.01. The number of aromatic nitrogens is 3.